The molecule has 4 heteroatoms. The molecule has 0 amide bonds. The van der Waals surface area contributed by atoms with Crippen LogP contribution in [0.2, 0.25) is 0 Å². The number of ether oxygens (including phenoxy) is 2. The second kappa shape index (κ2) is 5.70. The molecule has 0 aliphatic heterocycles. The van der Waals surface area contributed by atoms with Crippen LogP contribution in [-0.4, -0.2) is 19.0 Å². The third-order valence-corrected chi connectivity index (χ3v) is 1.88. The standard InChI is InChI=1S/C12H12O4/c1-3-10(16-12(14)15-2)11(13)9-7-5-4-6-8-9/h3-8H,1-2H3/b10-3-. The molecule has 1 rings (SSSR count). The van der Waals surface area contributed by atoms with Crippen molar-refractivity contribution in [3.05, 3.63) is 47.7 Å². The molecule has 0 unspecified atom stereocenters. The third kappa shape index (κ3) is 2.95. The minimum atomic E-state index is -0.905. The zero-order chi connectivity index (χ0) is 12.0. The molecule has 0 saturated heterocycles. The van der Waals surface area contributed by atoms with E-state index in [-0.39, 0.29) is 11.5 Å². The van der Waals surface area contributed by atoms with Gasteiger partial charge in [0.15, 0.2) is 5.76 Å². The van der Waals surface area contributed by atoms with Crippen LogP contribution in [0.15, 0.2) is 42.2 Å². The number of hydrogen-bond donors (Lipinski definition) is 0. The Hall–Kier alpha value is -2.10. The molecule has 0 fully saturated rings. The van der Waals surface area contributed by atoms with Crippen LogP contribution in [0.3, 0.4) is 0 Å². The quantitative estimate of drug-likeness (QED) is 0.340. The lowest BCUT2D eigenvalue weighted by Crippen LogP contribution is -2.12. The Bertz CT molecular complexity index is 406. The smallest absolute Gasteiger partial charge is 0.437 e. The van der Waals surface area contributed by atoms with E-state index in [4.69, 9.17) is 4.74 Å². The van der Waals surface area contributed by atoms with Gasteiger partial charge in [0.1, 0.15) is 0 Å². The summed E-state index contributed by atoms with van der Waals surface area (Å²) in [5.41, 5.74) is 0.458. The summed E-state index contributed by atoms with van der Waals surface area (Å²) in [4.78, 5) is 22.7. The molecule has 0 bridgehead atoms. The number of allylic oxidation sites excluding steroid dienone is 2. The first-order valence-electron chi connectivity index (χ1n) is 4.71. The highest BCUT2D eigenvalue weighted by Gasteiger charge is 2.16. The largest absolute Gasteiger partial charge is 0.513 e. The molecule has 0 heterocycles. The maximum absolute atomic E-state index is 11.8. The van der Waals surface area contributed by atoms with Crippen molar-refractivity contribution >= 4 is 11.9 Å². The number of ketones is 1. The van der Waals surface area contributed by atoms with Gasteiger partial charge < -0.3 is 9.47 Å². The maximum atomic E-state index is 11.8. The Balaban J connectivity index is 2.83. The van der Waals surface area contributed by atoms with E-state index < -0.39 is 6.16 Å². The Morgan fingerprint density at radius 3 is 2.31 bits per heavy atom. The highest BCUT2D eigenvalue weighted by atomic mass is 16.7. The number of rotatable bonds is 3. The van der Waals surface area contributed by atoms with Gasteiger partial charge in [0.2, 0.25) is 5.78 Å². The summed E-state index contributed by atoms with van der Waals surface area (Å²) < 4.78 is 9.03. The third-order valence-electron chi connectivity index (χ3n) is 1.88. The summed E-state index contributed by atoms with van der Waals surface area (Å²) >= 11 is 0. The van der Waals surface area contributed by atoms with Crippen molar-refractivity contribution in [2.45, 2.75) is 6.92 Å². The van der Waals surface area contributed by atoms with E-state index in [0.717, 1.165) is 0 Å². The number of hydrogen-bond acceptors (Lipinski definition) is 4. The minimum absolute atomic E-state index is 0.0435. The van der Waals surface area contributed by atoms with E-state index in [9.17, 15) is 9.59 Å². The van der Waals surface area contributed by atoms with Crippen LogP contribution in [-0.2, 0) is 9.47 Å². The first-order valence-corrected chi connectivity index (χ1v) is 4.71. The van der Waals surface area contributed by atoms with E-state index in [1.807, 2.05) is 0 Å². The Morgan fingerprint density at radius 2 is 1.81 bits per heavy atom. The fourth-order valence-corrected chi connectivity index (χ4v) is 1.10. The van der Waals surface area contributed by atoms with Crippen molar-refractivity contribution in [2.75, 3.05) is 7.11 Å². The zero-order valence-electron chi connectivity index (χ0n) is 9.10. The van der Waals surface area contributed by atoms with Gasteiger partial charge in [0, 0.05) is 5.56 Å². The van der Waals surface area contributed by atoms with Crippen molar-refractivity contribution in [1.29, 1.82) is 0 Å². The van der Waals surface area contributed by atoms with E-state index in [0.29, 0.717) is 5.56 Å². The molecule has 0 saturated carbocycles. The zero-order valence-corrected chi connectivity index (χ0v) is 9.10. The van der Waals surface area contributed by atoms with Gasteiger partial charge in [-0.15, -0.1) is 0 Å². The minimum Gasteiger partial charge on any atom is -0.437 e. The molecule has 16 heavy (non-hydrogen) atoms. The number of carbonyl (C=O) groups is 2. The lowest BCUT2D eigenvalue weighted by Gasteiger charge is -2.05. The van der Waals surface area contributed by atoms with E-state index >= 15 is 0 Å². The second-order valence-corrected chi connectivity index (χ2v) is 2.90. The number of methoxy groups -OCH3 is 1. The predicted octanol–water partition coefficient (Wildman–Crippen LogP) is 2.56. The summed E-state index contributed by atoms with van der Waals surface area (Å²) in [6.45, 7) is 1.61. The predicted molar refractivity (Wildman–Crippen MR) is 58.0 cm³/mol. The van der Waals surface area contributed by atoms with Gasteiger partial charge in [0.25, 0.3) is 0 Å². The van der Waals surface area contributed by atoms with Gasteiger partial charge in [0.05, 0.1) is 7.11 Å². The Labute approximate surface area is 93.5 Å². The summed E-state index contributed by atoms with van der Waals surface area (Å²) in [7, 11) is 1.18. The van der Waals surface area contributed by atoms with Gasteiger partial charge in [-0.05, 0) is 13.0 Å². The molecule has 4 nitrogen and oxygen atoms in total. The van der Waals surface area contributed by atoms with Crippen molar-refractivity contribution in [2.24, 2.45) is 0 Å². The van der Waals surface area contributed by atoms with Gasteiger partial charge in [-0.1, -0.05) is 30.3 Å². The second-order valence-electron chi connectivity index (χ2n) is 2.90. The molecule has 0 radical (unpaired) electrons. The van der Waals surface area contributed by atoms with Gasteiger partial charge >= 0.3 is 6.16 Å². The number of benzene rings is 1. The molecule has 0 aromatic heterocycles. The van der Waals surface area contributed by atoms with Gasteiger partial charge in [-0.2, -0.15) is 0 Å². The summed E-state index contributed by atoms with van der Waals surface area (Å²) in [5.74, 6) is -0.397. The fraction of sp³-hybridized carbons (Fsp3) is 0.167. The monoisotopic (exact) mass is 220 g/mol. The molecule has 0 atom stereocenters. The summed E-state index contributed by atoms with van der Waals surface area (Å²) in [6.07, 6.45) is 0.518. The molecule has 0 aliphatic rings. The van der Waals surface area contributed by atoms with Gasteiger partial charge in [-0.3, -0.25) is 4.79 Å². The first-order chi connectivity index (χ1) is 7.69. The molecule has 0 spiro atoms. The van der Waals surface area contributed by atoms with E-state index in [1.165, 1.54) is 13.2 Å². The Kier molecular flexibility index (Phi) is 4.27. The summed E-state index contributed by atoms with van der Waals surface area (Å²) in [5, 5.41) is 0. The van der Waals surface area contributed by atoms with Crippen LogP contribution >= 0.6 is 0 Å². The molecule has 1 aromatic rings. The highest BCUT2D eigenvalue weighted by molar-refractivity contribution is 6.08. The van der Waals surface area contributed by atoms with Gasteiger partial charge in [-0.25, -0.2) is 4.79 Å². The normalized spacial score (nSPS) is 10.8. The molecule has 84 valence electrons. The lowest BCUT2D eigenvalue weighted by molar-refractivity contribution is 0.0792. The molecule has 0 N–H and O–H groups in total. The van der Waals surface area contributed by atoms with E-state index in [2.05, 4.69) is 4.74 Å². The van der Waals surface area contributed by atoms with Crippen molar-refractivity contribution in [1.82, 2.24) is 0 Å². The van der Waals surface area contributed by atoms with Crippen LogP contribution in [0.5, 0.6) is 0 Å². The molecule has 0 aliphatic carbocycles. The van der Waals surface area contributed by atoms with E-state index in [1.54, 1.807) is 37.3 Å². The molecular weight excluding hydrogens is 208 g/mol. The van der Waals surface area contributed by atoms with Crippen molar-refractivity contribution < 1.29 is 19.1 Å². The molecular formula is C12H12O4. The SMILES string of the molecule is C/C=C(\OC(=O)OC)C(=O)c1ccccc1. The lowest BCUT2D eigenvalue weighted by atomic mass is 10.1. The van der Waals surface area contributed by atoms with Crippen LogP contribution < -0.4 is 0 Å². The fourth-order valence-electron chi connectivity index (χ4n) is 1.10. The van der Waals surface area contributed by atoms with Crippen LogP contribution in [0, 0.1) is 0 Å². The first kappa shape index (κ1) is 12.0. The van der Waals surface area contributed by atoms with Crippen LogP contribution in [0.1, 0.15) is 17.3 Å². The highest BCUT2D eigenvalue weighted by Crippen LogP contribution is 2.10. The average Bonchev–Trinajstić information content (AvgIpc) is 2.35. The van der Waals surface area contributed by atoms with Crippen molar-refractivity contribution in [3.63, 3.8) is 0 Å². The van der Waals surface area contributed by atoms with Crippen LogP contribution in [0.25, 0.3) is 0 Å². The molecule has 1 aromatic carbocycles. The average molecular weight is 220 g/mol. The number of Topliss-reactive ketones (excluding diaryl/α,β-unsaturated/α-hetero) is 1. The summed E-state index contributed by atoms with van der Waals surface area (Å²) in [6, 6.07) is 8.56. The topological polar surface area (TPSA) is 52.6 Å². The van der Waals surface area contributed by atoms with Crippen LogP contribution in [0.4, 0.5) is 4.79 Å². The Morgan fingerprint density at radius 1 is 1.19 bits per heavy atom. The van der Waals surface area contributed by atoms with Crippen molar-refractivity contribution in [3.8, 4) is 0 Å². The maximum Gasteiger partial charge on any atom is 0.513 e. The number of carbonyl (C=O) groups excluding carboxylic acids is 2.